The Balaban J connectivity index is 2.11. The predicted octanol–water partition coefficient (Wildman–Crippen LogP) is 1.60. The standard InChI is InChI=1S/C14H25NO4/c1-4-19-12-8-11(9-12)10-13(16)15(2)7-5-6-14(17)18-3/h11-12H,4-10H2,1-3H3. The highest BCUT2D eigenvalue weighted by Crippen LogP contribution is 2.32. The summed E-state index contributed by atoms with van der Waals surface area (Å²) < 4.78 is 10.0. The van der Waals surface area contributed by atoms with Gasteiger partial charge in [-0.25, -0.2) is 0 Å². The van der Waals surface area contributed by atoms with E-state index in [9.17, 15) is 9.59 Å². The summed E-state index contributed by atoms with van der Waals surface area (Å²) in [6.45, 7) is 3.35. The molecule has 110 valence electrons. The molecule has 0 aliphatic heterocycles. The van der Waals surface area contributed by atoms with Gasteiger partial charge in [-0.2, -0.15) is 0 Å². The first-order valence-electron chi connectivity index (χ1n) is 6.99. The van der Waals surface area contributed by atoms with Crippen molar-refractivity contribution in [3.05, 3.63) is 0 Å². The second-order valence-electron chi connectivity index (χ2n) is 5.11. The quantitative estimate of drug-likeness (QED) is 0.629. The number of esters is 1. The van der Waals surface area contributed by atoms with Crippen molar-refractivity contribution < 1.29 is 19.1 Å². The second kappa shape index (κ2) is 8.15. The summed E-state index contributed by atoms with van der Waals surface area (Å²) in [7, 11) is 3.17. The fourth-order valence-corrected chi connectivity index (χ4v) is 2.30. The zero-order valence-electron chi connectivity index (χ0n) is 12.2. The third-order valence-electron chi connectivity index (χ3n) is 3.59. The maximum atomic E-state index is 11.9. The number of nitrogens with zero attached hydrogens (tertiary/aromatic N) is 1. The molecule has 0 atom stereocenters. The smallest absolute Gasteiger partial charge is 0.305 e. The Morgan fingerprint density at radius 2 is 2.00 bits per heavy atom. The number of methoxy groups -OCH3 is 1. The van der Waals surface area contributed by atoms with Gasteiger partial charge in [0, 0.05) is 33.0 Å². The molecule has 1 rings (SSSR count). The van der Waals surface area contributed by atoms with Crippen molar-refractivity contribution in [2.45, 2.75) is 45.1 Å². The maximum absolute atomic E-state index is 11.9. The SMILES string of the molecule is CCOC1CC(CC(=O)N(C)CCCC(=O)OC)C1. The van der Waals surface area contributed by atoms with E-state index in [4.69, 9.17) is 4.74 Å². The van der Waals surface area contributed by atoms with E-state index in [1.807, 2.05) is 6.92 Å². The summed E-state index contributed by atoms with van der Waals surface area (Å²) in [4.78, 5) is 24.6. The average Bonchev–Trinajstić information content (AvgIpc) is 2.35. The first-order valence-corrected chi connectivity index (χ1v) is 6.99. The summed E-state index contributed by atoms with van der Waals surface area (Å²) >= 11 is 0. The first-order chi connectivity index (χ1) is 9.06. The van der Waals surface area contributed by atoms with E-state index in [1.165, 1.54) is 7.11 Å². The van der Waals surface area contributed by atoms with Crippen LogP contribution in [-0.2, 0) is 19.1 Å². The van der Waals surface area contributed by atoms with Gasteiger partial charge >= 0.3 is 5.97 Å². The molecule has 0 heterocycles. The molecule has 0 aromatic heterocycles. The second-order valence-corrected chi connectivity index (χ2v) is 5.11. The molecule has 0 aromatic rings. The Morgan fingerprint density at radius 3 is 2.58 bits per heavy atom. The van der Waals surface area contributed by atoms with Crippen LogP contribution in [0.1, 0.15) is 39.0 Å². The van der Waals surface area contributed by atoms with E-state index in [2.05, 4.69) is 4.74 Å². The van der Waals surface area contributed by atoms with Crippen molar-refractivity contribution in [3.8, 4) is 0 Å². The third kappa shape index (κ3) is 5.59. The molecule has 0 aromatic carbocycles. The monoisotopic (exact) mass is 271 g/mol. The molecule has 1 amide bonds. The molecule has 0 radical (unpaired) electrons. The Hall–Kier alpha value is -1.10. The Kier molecular flexibility index (Phi) is 6.84. The summed E-state index contributed by atoms with van der Waals surface area (Å²) in [5.74, 6) is 0.399. The Bertz CT molecular complexity index is 300. The molecular weight excluding hydrogens is 246 g/mol. The molecular formula is C14H25NO4. The minimum Gasteiger partial charge on any atom is -0.469 e. The number of ether oxygens (including phenoxy) is 2. The molecule has 1 aliphatic carbocycles. The van der Waals surface area contributed by atoms with Crippen LogP contribution in [0.2, 0.25) is 0 Å². The van der Waals surface area contributed by atoms with E-state index in [-0.39, 0.29) is 11.9 Å². The van der Waals surface area contributed by atoms with Crippen molar-refractivity contribution in [2.24, 2.45) is 5.92 Å². The number of hydrogen-bond acceptors (Lipinski definition) is 4. The van der Waals surface area contributed by atoms with Gasteiger partial charge in [0.15, 0.2) is 0 Å². The number of carbonyl (C=O) groups is 2. The van der Waals surface area contributed by atoms with Gasteiger partial charge in [-0.1, -0.05) is 0 Å². The van der Waals surface area contributed by atoms with Crippen LogP contribution in [0.3, 0.4) is 0 Å². The fourth-order valence-electron chi connectivity index (χ4n) is 2.30. The summed E-state index contributed by atoms with van der Waals surface area (Å²) in [5.41, 5.74) is 0. The van der Waals surface area contributed by atoms with Gasteiger partial charge in [0.2, 0.25) is 5.91 Å². The average molecular weight is 271 g/mol. The molecule has 1 saturated carbocycles. The van der Waals surface area contributed by atoms with Crippen LogP contribution in [-0.4, -0.2) is 50.2 Å². The molecule has 19 heavy (non-hydrogen) atoms. The van der Waals surface area contributed by atoms with Gasteiger partial charge in [0.1, 0.15) is 0 Å². The number of amides is 1. The zero-order chi connectivity index (χ0) is 14.3. The lowest BCUT2D eigenvalue weighted by atomic mass is 9.80. The fraction of sp³-hybridized carbons (Fsp3) is 0.857. The minimum atomic E-state index is -0.223. The van der Waals surface area contributed by atoms with Crippen molar-refractivity contribution in [3.63, 3.8) is 0 Å². The number of hydrogen-bond donors (Lipinski definition) is 0. The van der Waals surface area contributed by atoms with E-state index in [0.717, 1.165) is 19.4 Å². The van der Waals surface area contributed by atoms with Crippen LogP contribution >= 0.6 is 0 Å². The highest BCUT2D eigenvalue weighted by Gasteiger charge is 2.31. The van der Waals surface area contributed by atoms with Crippen LogP contribution in [0.5, 0.6) is 0 Å². The third-order valence-corrected chi connectivity index (χ3v) is 3.59. The summed E-state index contributed by atoms with van der Waals surface area (Å²) in [5, 5.41) is 0. The highest BCUT2D eigenvalue weighted by atomic mass is 16.5. The number of rotatable bonds is 8. The molecule has 1 aliphatic rings. The lowest BCUT2D eigenvalue weighted by Crippen LogP contribution is -2.36. The van der Waals surface area contributed by atoms with Gasteiger partial charge in [0.05, 0.1) is 13.2 Å². The lowest BCUT2D eigenvalue weighted by molar-refractivity contribution is -0.141. The van der Waals surface area contributed by atoms with Crippen LogP contribution in [0.4, 0.5) is 0 Å². The molecule has 5 heteroatoms. The van der Waals surface area contributed by atoms with Gasteiger partial charge in [-0.15, -0.1) is 0 Å². The molecule has 0 spiro atoms. The molecule has 1 fully saturated rings. The van der Waals surface area contributed by atoms with Gasteiger partial charge in [0.25, 0.3) is 0 Å². The van der Waals surface area contributed by atoms with Crippen LogP contribution in [0, 0.1) is 5.92 Å². The minimum absolute atomic E-state index is 0.157. The molecule has 0 saturated heterocycles. The largest absolute Gasteiger partial charge is 0.469 e. The Morgan fingerprint density at radius 1 is 1.32 bits per heavy atom. The van der Waals surface area contributed by atoms with E-state index in [1.54, 1.807) is 11.9 Å². The summed E-state index contributed by atoms with van der Waals surface area (Å²) in [6.07, 6.45) is 3.96. The van der Waals surface area contributed by atoms with Gasteiger partial charge < -0.3 is 14.4 Å². The molecule has 5 nitrogen and oxygen atoms in total. The topological polar surface area (TPSA) is 55.8 Å². The number of carbonyl (C=O) groups excluding carboxylic acids is 2. The van der Waals surface area contributed by atoms with Crippen LogP contribution in [0.15, 0.2) is 0 Å². The van der Waals surface area contributed by atoms with Gasteiger partial charge in [-0.05, 0) is 32.1 Å². The van der Waals surface area contributed by atoms with E-state index < -0.39 is 0 Å². The predicted molar refractivity (Wildman–Crippen MR) is 71.6 cm³/mol. The van der Waals surface area contributed by atoms with Crippen LogP contribution < -0.4 is 0 Å². The van der Waals surface area contributed by atoms with Gasteiger partial charge in [-0.3, -0.25) is 9.59 Å². The van der Waals surface area contributed by atoms with E-state index in [0.29, 0.717) is 37.8 Å². The van der Waals surface area contributed by atoms with Crippen molar-refractivity contribution in [1.82, 2.24) is 4.90 Å². The van der Waals surface area contributed by atoms with Crippen LogP contribution in [0.25, 0.3) is 0 Å². The first kappa shape index (κ1) is 16.0. The van der Waals surface area contributed by atoms with Crippen molar-refractivity contribution in [1.29, 1.82) is 0 Å². The maximum Gasteiger partial charge on any atom is 0.305 e. The molecule has 0 bridgehead atoms. The lowest BCUT2D eigenvalue weighted by Gasteiger charge is -2.35. The van der Waals surface area contributed by atoms with E-state index >= 15 is 0 Å². The summed E-state index contributed by atoms with van der Waals surface area (Å²) in [6, 6.07) is 0. The van der Waals surface area contributed by atoms with Crippen molar-refractivity contribution in [2.75, 3.05) is 27.3 Å². The highest BCUT2D eigenvalue weighted by molar-refractivity contribution is 5.76. The zero-order valence-corrected chi connectivity index (χ0v) is 12.2. The normalized spacial score (nSPS) is 21.6. The molecule has 0 N–H and O–H groups in total. The molecule has 0 unspecified atom stereocenters. The Labute approximate surface area is 115 Å². The van der Waals surface area contributed by atoms with Crippen molar-refractivity contribution >= 4 is 11.9 Å².